The van der Waals surface area contributed by atoms with Crippen molar-refractivity contribution in [3.8, 4) is 0 Å². The summed E-state index contributed by atoms with van der Waals surface area (Å²) in [7, 11) is 0. The fourth-order valence-electron chi connectivity index (χ4n) is 2.89. The lowest BCUT2D eigenvalue weighted by Gasteiger charge is -2.18. The van der Waals surface area contributed by atoms with Crippen molar-refractivity contribution >= 4 is 16.9 Å². The van der Waals surface area contributed by atoms with Crippen molar-refractivity contribution in [3.05, 3.63) is 56.6 Å². The molecule has 0 fully saturated rings. The predicted molar refractivity (Wildman–Crippen MR) is 100 cm³/mol. The molecule has 1 amide bonds. The van der Waals surface area contributed by atoms with Crippen LogP contribution in [0.1, 0.15) is 44.2 Å². The summed E-state index contributed by atoms with van der Waals surface area (Å²) < 4.78 is 0. The molecule has 0 unspecified atom stereocenters. The molecule has 0 saturated carbocycles. The standard InChI is InChI=1S/C18H22N6O3/c1-10(2)9-14(16-20-11-5-3-4-6-12(11)21-16)19-15(25)8-7-13-17(26)22-18(27)24-23-13/h3-6,10,14H,7-9H2,1-2H3,(H,19,25)(H,20,21)(H2,22,24,26,27)/t14-/m1/s1. The molecule has 9 heteroatoms. The third kappa shape index (κ3) is 4.69. The highest BCUT2D eigenvalue weighted by Gasteiger charge is 2.20. The van der Waals surface area contributed by atoms with Crippen LogP contribution < -0.4 is 16.6 Å². The molecule has 3 aromatic rings. The first-order chi connectivity index (χ1) is 12.9. The summed E-state index contributed by atoms with van der Waals surface area (Å²) in [4.78, 5) is 45.0. The number of nitrogens with zero attached hydrogens (tertiary/aromatic N) is 2. The summed E-state index contributed by atoms with van der Waals surface area (Å²) in [5, 5.41) is 8.83. The normalized spacial score (nSPS) is 12.4. The zero-order valence-electron chi connectivity index (χ0n) is 15.2. The molecule has 27 heavy (non-hydrogen) atoms. The maximum atomic E-state index is 12.4. The molecule has 4 N–H and O–H groups in total. The molecule has 0 saturated heterocycles. The Hall–Kier alpha value is -3.23. The number of hydrogen-bond donors (Lipinski definition) is 4. The number of benzene rings is 1. The molecule has 3 rings (SSSR count). The Balaban J connectivity index is 1.70. The maximum absolute atomic E-state index is 12.4. The topological polar surface area (TPSA) is 136 Å². The number of aromatic amines is 3. The van der Waals surface area contributed by atoms with Crippen LogP contribution in [0.15, 0.2) is 33.9 Å². The lowest BCUT2D eigenvalue weighted by atomic mass is 10.0. The van der Waals surface area contributed by atoms with Gasteiger partial charge in [0.2, 0.25) is 5.91 Å². The molecule has 1 aromatic carbocycles. The van der Waals surface area contributed by atoms with E-state index in [4.69, 9.17) is 0 Å². The van der Waals surface area contributed by atoms with Crippen LogP contribution in [0.25, 0.3) is 11.0 Å². The number of aromatic nitrogens is 5. The Kier molecular flexibility index (Phi) is 5.49. The highest BCUT2D eigenvalue weighted by molar-refractivity contribution is 5.77. The Bertz CT molecular complexity index is 1020. The summed E-state index contributed by atoms with van der Waals surface area (Å²) in [6.07, 6.45) is 0.937. The van der Waals surface area contributed by atoms with E-state index in [2.05, 4.69) is 44.3 Å². The minimum absolute atomic E-state index is 0.0803. The van der Waals surface area contributed by atoms with Crippen molar-refractivity contribution in [1.82, 2.24) is 30.5 Å². The Morgan fingerprint density at radius 2 is 1.96 bits per heavy atom. The van der Waals surface area contributed by atoms with E-state index in [0.29, 0.717) is 11.7 Å². The second-order valence-electron chi connectivity index (χ2n) is 6.84. The van der Waals surface area contributed by atoms with E-state index in [9.17, 15) is 14.4 Å². The monoisotopic (exact) mass is 370 g/mol. The van der Waals surface area contributed by atoms with Crippen LogP contribution in [0, 0.1) is 5.92 Å². The number of carbonyl (C=O) groups excluding carboxylic acids is 1. The van der Waals surface area contributed by atoms with Gasteiger partial charge >= 0.3 is 5.69 Å². The van der Waals surface area contributed by atoms with Gasteiger partial charge in [0, 0.05) is 12.8 Å². The number of fused-ring (bicyclic) bond motifs is 1. The van der Waals surface area contributed by atoms with Gasteiger partial charge in [0.1, 0.15) is 11.5 Å². The molecule has 0 aliphatic rings. The molecule has 0 spiro atoms. The molecule has 0 aliphatic carbocycles. The van der Waals surface area contributed by atoms with Gasteiger partial charge in [0.15, 0.2) is 0 Å². The van der Waals surface area contributed by atoms with Crippen LogP contribution in [0.3, 0.4) is 0 Å². The molecule has 142 valence electrons. The molecule has 2 heterocycles. The number of imidazole rings is 1. The molecule has 0 bridgehead atoms. The maximum Gasteiger partial charge on any atom is 0.342 e. The summed E-state index contributed by atoms with van der Waals surface area (Å²) in [6, 6.07) is 7.44. The second-order valence-corrected chi connectivity index (χ2v) is 6.84. The molecular formula is C18H22N6O3. The van der Waals surface area contributed by atoms with Crippen molar-refractivity contribution < 1.29 is 4.79 Å². The first-order valence-electron chi connectivity index (χ1n) is 8.84. The number of nitrogens with one attached hydrogen (secondary N) is 4. The number of carbonyl (C=O) groups is 1. The SMILES string of the molecule is CC(C)C[C@@H](NC(=O)CCc1n[nH]c(=O)[nH]c1=O)c1nc2ccccc2[nH]1. The number of rotatable bonds is 7. The van der Waals surface area contributed by atoms with Crippen LogP contribution in [0.4, 0.5) is 0 Å². The lowest BCUT2D eigenvalue weighted by molar-refractivity contribution is -0.122. The van der Waals surface area contributed by atoms with E-state index in [1.54, 1.807) is 0 Å². The van der Waals surface area contributed by atoms with Gasteiger partial charge in [-0.25, -0.2) is 14.9 Å². The molecular weight excluding hydrogens is 348 g/mol. The zero-order valence-corrected chi connectivity index (χ0v) is 15.2. The summed E-state index contributed by atoms with van der Waals surface area (Å²) in [5.41, 5.74) is 0.630. The van der Waals surface area contributed by atoms with Crippen LogP contribution >= 0.6 is 0 Å². The molecule has 1 atom stereocenters. The number of amides is 1. The van der Waals surface area contributed by atoms with E-state index < -0.39 is 11.2 Å². The Morgan fingerprint density at radius 3 is 2.67 bits per heavy atom. The van der Waals surface area contributed by atoms with Crippen molar-refractivity contribution in [3.63, 3.8) is 0 Å². The number of hydrogen-bond acceptors (Lipinski definition) is 5. The predicted octanol–water partition coefficient (Wildman–Crippen LogP) is 1.17. The third-order valence-corrected chi connectivity index (χ3v) is 4.15. The van der Waals surface area contributed by atoms with E-state index in [1.165, 1.54) is 0 Å². The average Bonchev–Trinajstić information content (AvgIpc) is 3.04. The van der Waals surface area contributed by atoms with Crippen LogP contribution in [0.2, 0.25) is 0 Å². The van der Waals surface area contributed by atoms with Crippen molar-refractivity contribution in [2.24, 2.45) is 5.92 Å². The van der Waals surface area contributed by atoms with Gasteiger partial charge in [-0.05, 0) is 24.5 Å². The summed E-state index contributed by atoms with van der Waals surface area (Å²) in [5.74, 6) is 0.846. The average molecular weight is 370 g/mol. The molecule has 0 aliphatic heterocycles. The van der Waals surface area contributed by atoms with Crippen molar-refractivity contribution in [2.45, 2.75) is 39.2 Å². The highest BCUT2D eigenvalue weighted by Crippen LogP contribution is 2.22. The van der Waals surface area contributed by atoms with Gasteiger partial charge in [-0.15, -0.1) is 0 Å². The van der Waals surface area contributed by atoms with E-state index in [-0.39, 0.29) is 30.5 Å². The minimum Gasteiger partial charge on any atom is -0.346 e. The van der Waals surface area contributed by atoms with Gasteiger partial charge < -0.3 is 10.3 Å². The molecule has 2 aromatic heterocycles. The second kappa shape index (κ2) is 7.98. The molecule has 9 nitrogen and oxygen atoms in total. The first-order valence-corrected chi connectivity index (χ1v) is 8.84. The Labute approximate surface area is 154 Å². The Morgan fingerprint density at radius 1 is 1.19 bits per heavy atom. The summed E-state index contributed by atoms with van der Waals surface area (Å²) in [6.45, 7) is 4.15. The van der Waals surface area contributed by atoms with Crippen LogP contribution in [-0.4, -0.2) is 31.1 Å². The molecule has 0 radical (unpaired) electrons. The number of H-pyrrole nitrogens is 3. The van der Waals surface area contributed by atoms with Crippen LogP contribution in [-0.2, 0) is 11.2 Å². The van der Waals surface area contributed by atoms with E-state index in [1.807, 2.05) is 24.3 Å². The fraction of sp³-hybridized carbons (Fsp3) is 0.389. The quantitative estimate of drug-likeness (QED) is 0.495. The van der Waals surface area contributed by atoms with Gasteiger partial charge in [0.05, 0.1) is 17.1 Å². The first kappa shape index (κ1) is 18.6. The van der Waals surface area contributed by atoms with Gasteiger partial charge in [-0.3, -0.25) is 14.6 Å². The largest absolute Gasteiger partial charge is 0.346 e. The smallest absolute Gasteiger partial charge is 0.342 e. The van der Waals surface area contributed by atoms with Crippen molar-refractivity contribution in [2.75, 3.05) is 0 Å². The van der Waals surface area contributed by atoms with E-state index >= 15 is 0 Å². The highest BCUT2D eigenvalue weighted by atomic mass is 16.2. The third-order valence-electron chi connectivity index (χ3n) is 4.15. The minimum atomic E-state index is -0.671. The zero-order chi connectivity index (χ0) is 19.4. The number of para-hydroxylation sites is 2. The van der Waals surface area contributed by atoms with Gasteiger partial charge in [-0.1, -0.05) is 26.0 Å². The van der Waals surface area contributed by atoms with Gasteiger partial charge in [0.25, 0.3) is 5.56 Å². The summed E-state index contributed by atoms with van der Waals surface area (Å²) >= 11 is 0. The van der Waals surface area contributed by atoms with Crippen molar-refractivity contribution in [1.29, 1.82) is 0 Å². The van der Waals surface area contributed by atoms with Gasteiger partial charge in [-0.2, -0.15) is 5.10 Å². The lowest BCUT2D eigenvalue weighted by Crippen LogP contribution is -2.32. The van der Waals surface area contributed by atoms with E-state index in [0.717, 1.165) is 17.5 Å². The fourth-order valence-corrected chi connectivity index (χ4v) is 2.89. The van der Waals surface area contributed by atoms with Crippen LogP contribution in [0.5, 0.6) is 0 Å². The number of aryl methyl sites for hydroxylation is 1.